The van der Waals surface area contributed by atoms with Crippen LogP contribution in [0.2, 0.25) is 0 Å². The Labute approximate surface area is 126 Å². The molecule has 0 aliphatic rings. The Kier molecular flexibility index (Phi) is 4.11. The first-order valence-corrected chi connectivity index (χ1v) is 3.73. The van der Waals surface area contributed by atoms with Gasteiger partial charge in [0.1, 0.15) is 5.52 Å². The molecule has 2 aromatic heterocycles. The van der Waals surface area contributed by atoms with Gasteiger partial charge in [0, 0.05) is 17.1 Å². The fourth-order valence-electron chi connectivity index (χ4n) is 1.09. The predicted octanol–water partition coefficient (Wildman–Crippen LogP) is -4.31. The van der Waals surface area contributed by atoms with Gasteiger partial charge in [-0.15, -0.1) is 0 Å². The first-order valence-electron chi connectivity index (χ1n) is 3.73. The minimum absolute atomic E-state index is 0. The SMILES string of the molecule is O=C([O-])c1cnc2c(=O)[nH]ncc2c1.[K+]. The van der Waals surface area contributed by atoms with Crippen molar-refractivity contribution in [1.29, 1.82) is 0 Å². The molecule has 0 atom stereocenters. The van der Waals surface area contributed by atoms with Crippen LogP contribution >= 0.6 is 0 Å². The Morgan fingerprint density at radius 1 is 1.40 bits per heavy atom. The third kappa shape index (κ3) is 2.50. The molecule has 6 nitrogen and oxygen atoms in total. The second-order valence-corrected chi connectivity index (χ2v) is 2.65. The van der Waals surface area contributed by atoms with Gasteiger partial charge in [0.15, 0.2) is 0 Å². The normalized spacial score (nSPS) is 9.60. The maximum Gasteiger partial charge on any atom is 1.00 e. The number of rotatable bonds is 1. The minimum atomic E-state index is -1.33. The molecular formula is C8H4KN3O3. The first kappa shape index (κ1) is 12.5. The summed E-state index contributed by atoms with van der Waals surface area (Å²) in [6.45, 7) is 0. The molecule has 15 heavy (non-hydrogen) atoms. The van der Waals surface area contributed by atoms with Crippen molar-refractivity contribution in [3.05, 3.63) is 34.4 Å². The van der Waals surface area contributed by atoms with Crippen LogP contribution < -0.4 is 62.1 Å². The summed E-state index contributed by atoms with van der Waals surface area (Å²) < 4.78 is 0. The predicted molar refractivity (Wildman–Crippen MR) is 44.5 cm³/mol. The summed E-state index contributed by atoms with van der Waals surface area (Å²) in [5, 5.41) is 16.6. The molecule has 0 saturated carbocycles. The quantitative estimate of drug-likeness (QED) is 0.499. The summed E-state index contributed by atoms with van der Waals surface area (Å²) in [6.07, 6.45) is 2.41. The van der Waals surface area contributed by atoms with E-state index in [9.17, 15) is 14.7 Å². The van der Waals surface area contributed by atoms with Crippen LogP contribution in [0.3, 0.4) is 0 Å². The Hall–Kier alpha value is -0.604. The van der Waals surface area contributed by atoms with E-state index in [2.05, 4.69) is 15.2 Å². The van der Waals surface area contributed by atoms with Gasteiger partial charge in [-0.25, -0.2) is 10.1 Å². The summed E-state index contributed by atoms with van der Waals surface area (Å²) in [5.41, 5.74) is -0.373. The number of fused-ring (bicyclic) bond motifs is 1. The smallest absolute Gasteiger partial charge is 0.545 e. The number of hydrogen-bond acceptors (Lipinski definition) is 5. The summed E-state index contributed by atoms with van der Waals surface area (Å²) in [6, 6.07) is 1.29. The topological polar surface area (TPSA) is 98.8 Å². The monoisotopic (exact) mass is 229 g/mol. The molecule has 0 fully saturated rings. The number of nitrogens with one attached hydrogen (secondary N) is 1. The number of aromatic amines is 1. The molecule has 0 aliphatic heterocycles. The van der Waals surface area contributed by atoms with Crippen molar-refractivity contribution in [3.63, 3.8) is 0 Å². The van der Waals surface area contributed by atoms with E-state index in [-0.39, 0.29) is 62.5 Å². The molecule has 70 valence electrons. The molecule has 0 aliphatic carbocycles. The Bertz CT molecular complexity index is 566. The molecule has 2 aromatic rings. The molecule has 0 spiro atoms. The maximum atomic E-state index is 11.1. The van der Waals surface area contributed by atoms with Crippen LogP contribution in [0.4, 0.5) is 0 Å². The minimum Gasteiger partial charge on any atom is -0.545 e. The molecule has 0 amide bonds. The summed E-state index contributed by atoms with van der Waals surface area (Å²) in [4.78, 5) is 25.3. The van der Waals surface area contributed by atoms with Gasteiger partial charge in [-0.05, 0) is 6.07 Å². The second kappa shape index (κ2) is 4.95. The maximum absolute atomic E-state index is 11.1. The fourth-order valence-corrected chi connectivity index (χ4v) is 1.09. The number of nitrogens with zero attached hydrogens (tertiary/aromatic N) is 2. The Morgan fingerprint density at radius 3 is 2.80 bits per heavy atom. The number of carboxylic acid groups (broad SMARTS) is 1. The molecule has 7 heteroatoms. The zero-order valence-corrected chi connectivity index (χ0v) is 11.0. The molecule has 0 aromatic carbocycles. The van der Waals surface area contributed by atoms with Gasteiger partial charge < -0.3 is 9.90 Å². The molecule has 0 bridgehead atoms. The number of pyridine rings is 1. The van der Waals surface area contributed by atoms with Crippen LogP contribution in [0.25, 0.3) is 10.9 Å². The van der Waals surface area contributed by atoms with Gasteiger partial charge in [0.05, 0.1) is 12.2 Å². The third-order valence-corrected chi connectivity index (χ3v) is 1.74. The van der Waals surface area contributed by atoms with Crippen molar-refractivity contribution in [3.8, 4) is 0 Å². The molecule has 1 N–H and O–H groups in total. The van der Waals surface area contributed by atoms with E-state index in [1.165, 1.54) is 12.3 Å². The van der Waals surface area contributed by atoms with Gasteiger partial charge in [-0.3, -0.25) is 4.79 Å². The number of aromatic carboxylic acids is 1. The van der Waals surface area contributed by atoms with E-state index in [0.717, 1.165) is 6.20 Å². The van der Waals surface area contributed by atoms with Gasteiger partial charge in [-0.1, -0.05) is 0 Å². The van der Waals surface area contributed by atoms with E-state index < -0.39 is 11.5 Å². The van der Waals surface area contributed by atoms with Gasteiger partial charge in [-0.2, -0.15) is 5.10 Å². The van der Waals surface area contributed by atoms with Gasteiger partial charge >= 0.3 is 51.4 Å². The van der Waals surface area contributed by atoms with Crippen LogP contribution in [0.5, 0.6) is 0 Å². The number of carbonyl (C=O) groups excluding carboxylic acids is 1. The van der Waals surface area contributed by atoms with Crippen molar-refractivity contribution in [2.75, 3.05) is 0 Å². The number of carbonyl (C=O) groups is 1. The largest absolute Gasteiger partial charge is 1.00 e. The zero-order chi connectivity index (χ0) is 10.1. The van der Waals surface area contributed by atoms with Crippen LogP contribution in [0.15, 0.2) is 23.3 Å². The second-order valence-electron chi connectivity index (χ2n) is 2.65. The number of carboxylic acids is 1. The summed E-state index contributed by atoms with van der Waals surface area (Å²) in [7, 11) is 0. The zero-order valence-electron chi connectivity index (χ0n) is 7.85. The Balaban J connectivity index is 0.00000112. The van der Waals surface area contributed by atoms with Crippen molar-refractivity contribution in [2.45, 2.75) is 0 Å². The molecular weight excluding hydrogens is 225 g/mol. The molecule has 0 unspecified atom stereocenters. The third-order valence-electron chi connectivity index (χ3n) is 1.74. The van der Waals surface area contributed by atoms with Crippen molar-refractivity contribution >= 4 is 16.9 Å². The van der Waals surface area contributed by atoms with E-state index >= 15 is 0 Å². The van der Waals surface area contributed by atoms with Gasteiger partial charge in [0.2, 0.25) is 0 Å². The van der Waals surface area contributed by atoms with Crippen LogP contribution in [0, 0.1) is 0 Å². The fraction of sp³-hybridized carbons (Fsp3) is 0. The summed E-state index contributed by atoms with van der Waals surface area (Å²) >= 11 is 0. The van der Waals surface area contributed by atoms with Crippen molar-refractivity contribution in [2.24, 2.45) is 0 Å². The van der Waals surface area contributed by atoms with E-state index in [0.29, 0.717) is 5.39 Å². The van der Waals surface area contributed by atoms with Crippen LogP contribution in [0.1, 0.15) is 10.4 Å². The number of aromatic nitrogens is 3. The first-order chi connectivity index (χ1) is 6.68. The van der Waals surface area contributed by atoms with E-state index in [1.54, 1.807) is 0 Å². The van der Waals surface area contributed by atoms with E-state index in [4.69, 9.17) is 0 Å². The molecule has 0 radical (unpaired) electrons. The Morgan fingerprint density at radius 2 is 2.13 bits per heavy atom. The van der Waals surface area contributed by atoms with Crippen LogP contribution in [-0.4, -0.2) is 21.2 Å². The molecule has 0 saturated heterocycles. The van der Waals surface area contributed by atoms with Gasteiger partial charge in [0.25, 0.3) is 5.56 Å². The molecule has 2 rings (SSSR count). The summed E-state index contributed by atoms with van der Waals surface area (Å²) in [5.74, 6) is -1.33. The van der Waals surface area contributed by atoms with Crippen molar-refractivity contribution < 1.29 is 61.3 Å². The average molecular weight is 229 g/mol. The van der Waals surface area contributed by atoms with E-state index in [1.807, 2.05) is 0 Å². The number of H-pyrrole nitrogens is 1. The average Bonchev–Trinajstić information content (AvgIpc) is 2.17. The van der Waals surface area contributed by atoms with Crippen LogP contribution in [-0.2, 0) is 0 Å². The number of hydrogen-bond donors (Lipinski definition) is 1. The van der Waals surface area contributed by atoms with Crippen molar-refractivity contribution in [1.82, 2.24) is 15.2 Å². The molecule has 2 heterocycles. The standard InChI is InChI=1S/C8H5N3O3.K/c12-7-6-4(3-10-11-7)1-5(2-9-6)8(13)14;/h1-3H,(H,11,12)(H,13,14);/q;+1/p-1.